The summed E-state index contributed by atoms with van der Waals surface area (Å²) in [5.74, 6) is 2.92. The Morgan fingerprint density at radius 1 is 0.875 bits per heavy atom. The molecule has 3 rings (SSSR count). The van der Waals surface area contributed by atoms with Crippen LogP contribution in [0.15, 0.2) is 102 Å². The number of nitrogen functional groups attached to an aromatic ring is 1. The Labute approximate surface area is 194 Å². The number of allylic oxidation sites excluding steroid dienone is 2. The van der Waals surface area contributed by atoms with Crippen LogP contribution in [-0.2, 0) is 0 Å². The minimum absolute atomic E-state index is 0.412. The van der Waals surface area contributed by atoms with Gasteiger partial charge < -0.3 is 25.1 Å². The molecule has 0 amide bonds. The van der Waals surface area contributed by atoms with Crippen LogP contribution in [0.5, 0.6) is 23.0 Å². The van der Waals surface area contributed by atoms with E-state index in [1.165, 1.54) is 12.0 Å². The van der Waals surface area contributed by atoms with Crippen molar-refractivity contribution in [2.45, 2.75) is 25.7 Å². The zero-order valence-electron chi connectivity index (χ0n) is 18.7. The highest BCUT2D eigenvalue weighted by molar-refractivity contribution is 7.95. The third-order valence-electron chi connectivity index (χ3n) is 3.90. The maximum absolute atomic E-state index is 5.79. The van der Waals surface area contributed by atoms with Gasteiger partial charge in [-0.1, -0.05) is 26.0 Å². The smallest absolute Gasteiger partial charge is 0.138 e. The number of ether oxygens (including phenoxy) is 2. The van der Waals surface area contributed by atoms with E-state index in [4.69, 9.17) is 25.1 Å². The number of benzene rings is 3. The minimum Gasteiger partial charge on any atom is -0.489 e. The number of rotatable bonds is 9. The largest absolute Gasteiger partial charge is 0.489 e. The molecule has 0 heterocycles. The fraction of sp³-hybridized carbons (Fsp3) is 0.154. The molecule has 168 valence electrons. The standard InChI is InChI=1S/C24H24N2O3S.C2H6/c1-2-4-18(25)15-16-27-20-7-9-22(10-8-20)29-30-24-13-11-21(12-14-24)28-23-6-3-5-19(26)17-23;1-2/h2-15,17H,16,25-26H2,1H3;1-2H3/b4-2-,18-15+;. The molecule has 0 radical (unpaired) electrons. The van der Waals surface area contributed by atoms with Crippen molar-refractivity contribution in [1.82, 2.24) is 0 Å². The van der Waals surface area contributed by atoms with Gasteiger partial charge in [0.1, 0.15) is 29.6 Å². The molecule has 0 aliphatic carbocycles. The monoisotopic (exact) mass is 450 g/mol. The van der Waals surface area contributed by atoms with E-state index in [0.717, 1.165) is 22.1 Å². The van der Waals surface area contributed by atoms with Crippen LogP contribution in [0.2, 0.25) is 0 Å². The summed E-state index contributed by atoms with van der Waals surface area (Å²) in [6.07, 6.45) is 5.53. The fourth-order valence-electron chi connectivity index (χ4n) is 2.46. The van der Waals surface area contributed by atoms with Crippen LogP contribution in [0.25, 0.3) is 0 Å². The Balaban J connectivity index is 0.00000176. The second kappa shape index (κ2) is 13.7. The molecule has 0 atom stereocenters. The van der Waals surface area contributed by atoms with Gasteiger partial charge in [-0.25, -0.2) is 0 Å². The Morgan fingerprint density at radius 2 is 1.53 bits per heavy atom. The quantitative estimate of drug-likeness (QED) is 0.208. The van der Waals surface area contributed by atoms with Crippen LogP contribution in [-0.4, -0.2) is 6.61 Å². The SMILES string of the molecule is C/C=C\C(N)=C/COc1ccc(OSc2ccc(Oc3cccc(N)c3)cc2)cc1.CC. The van der Waals surface area contributed by atoms with Gasteiger partial charge in [0, 0.05) is 22.3 Å². The average molecular weight is 451 g/mol. The molecule has 4 N–H and O–H groups in total. The van der Waals surface area contributed by atoms with Crippen molar-refractivity contribution < 1.29 is 13.7 Å². The summed E-state index contributed by atoms with van der Waals surface area (Å²) in [4.78, 5) is 0.958. The van der Waals surface area contributed by atoms with E-state index in [2.05, 4.69) is 0 Å². The van der Waals surface area contributed by atoms with E-state index in [0.29, 0.717) is 23.7 Å². The molecule has 0 unspecified atom stereocenters. The lowest BCUT2D eigenvalue weighted by Gasteiger charge is -2.08. The van der Waals surface area contributed by atoms with Crippen molar-refractivity contribution in [3.63, 3.8) is 0 Å². The van der Waals surface area contributed by atoms with Gasteiger partial charge in [0.25, 0.3) is 0 Å². The summed E-state index contributed by atoms with van der Waals surface area (Å²) in [5, 5.41) is 0. The van der Waals surface area contributed by atoms with E-state index in [-0.39, 0.29) is 0 Å². The van der Waals surface area contributed by atoms with Crippen LogP contribution < -0.4 is 25.1 Å². The summed E-state index contributed by atoms with van der Waals surface area (Å²) >= 11 is 1.27. The first-order valence-corrected chi connectivity index (χ1v) is 11.2. The molecular weight excluding hydrogens is 420 g/mol. The van der Waals surface area contributed by atoms with Crippen LogP contribution in [0.1, 0.15) is 20.8 Å². The van der Waals surface area contributed by atoms with Crippen LogP contribution in [0, 0.1) is 0 Å². The van der Waals surface area contributed by atoms with Gasteiger partial charge in [-0.15, -0.1) is 0 Å². The van der Waals surface area contributed by atoms with Gasteiger partial charge in [0.15, 0.2) is 0 Å². The zero-order valence-corrected chi connectivity index (χ0v) is 19.5. The molecule has 0 bridgehead atoms. The third kappa shape index (κ3) is 8.70. The number of hydrogen-bond donors (Lipinski definition) is 2. The molecule has 0 spiro atoms. The van der Waals surface area contributed by atoms with Gasteiger partial charge in [-0.2, -0.15) is 0 Å². The molecule has 3 aromatic carbocycles. The van der Waals surface area contributed by atoms with Crippen LogP contribution in [0.4, 0.5) is 5.69 Å². The first-order chi connectivity index (χ1) is 15.6. The van der Waals surface area contributed by atoms with Crippen molar-refractivity contribution >= 4 is 17.7 Å². The Bertz CT molecular complexity index is 1000. The van der Waals surface area contributed by atoms with Gasteiger partial charge in [0.2, 0.25) is 0 Å². The highest BCUT2D eigenvalue weighted by Gasteiger charge is 2.02. The Morgan fingerprint density at radius 3 is 2.19 bits per heavy atom. The minimum atomic E-state index is 0.412. The second-order valence-electron chi connectivity index (χ2n) is 6.30. The molecule has 0 aromatic heterocycles. The lowest BCUT2D eigenvalue weighted by atomic mass is 10.3. The Hall–Kier alpha value is -3.51. The number of anilines is 1. The predicted octanol–water partition coefficient (Wildman–Crippen LogP) is 6.97. The van der Waals surface area contributed by atoms with E-state index >= 15 is 0 Å². The van der Waals surface area contributed by atoms with E-state index in [9.17, 15) is 0 Å². The summed E-state index contributed by atoms with van der Waals surface area (Å²) in [7, 11) is 0. The summed E-state index contributed by atoms with van der Waals surface area (Å²) in [5.41, 5.74) is 12.9. The molecule has 0 aliphatic heterocycles. The zero-order chi connectivity index (χ0) is 23.2. The van der Waals surface area contributed by atoms with Crippen molar-refractivity contribution in [2.24, 2.45) is 5.73 Å². The molecule has 0 fully saturated rings. The maximum Gasteiger partial charge on any atom is 0.138 e. The molecule has 0 aliphatic rings. The normalized spacial score (nSPS) is 10.9. The summed E-state index contributed by atoms with van der Waals surface area (Å²) < 4.78 is 17.2. The average Bonchev–Trinajstić information content (AvgIpc) is 2.81. The predicted molar refractivity (Wildman–Crippen MR) is 134 cm³/mol. The summed E-state index contributed by atoms with van der Waals surface area (Å²) in [6, 6.07) is 22.4. The first-order valence-electron chi connectivity index (χ1n) is 10.4. The van der Waals surface area contributed by atoms with Crippen molar-refractivity contribution in [1.29, 1.82) is 0 Å². The topological polar surface area (TPSA) is 79.7 Å². The van der Waals surface area contributed by atoms with Crippen molar-refractivity contribution in [3.8, 4) is 23.0 Å². The second-order valence-corrected chi connectivity index (χ2v) is 7.10. The van der Waals surface area contributed by atoms with E-state index in [1.54, 1.807) is 6.07 Å². The number of hydrogen-bond acceptors (Lipinski definition) is 6. The molecule has 3 aromatic rings. The summed E-state index contributed by atoms with van der Waals surface area (Å²) in [6.45, 7) is 6.33. The maximum atomic E-state index is 5.79. The molecule has 32 heavy (non-hydrogen) atoms. The lowest BCUT2D eigenvalue weighted by molar-refractivity contribution is 0.362. The van der Waals surface area contributed by atoms with Gasteiger partial charge in [-0.05, 0) is 79.7 Å². The van der Waals surface area contributed by atoms with Crippen LogP contribution in [0.3, 0.4) is 0 Å². The lowest BCUT2D eigenvalue weighted by Crippen LogP contribution is -1.99. The molecule has 6 heteroatoms. The molecular formula is C26H30N2O3S. The highest BCUT2D eigenvalue weighted by atomic mass is 32.2. The van der Waals surface area contributed by atoms with Gasteiger partial charge in [0.05, 0.1) is 12.0 Å². The molecule has 0 saturated carbocycles. The molecule has 5 nitrogen and oxygen atoms in total. The molecule has 0 saturated heterocycles. The fourth-order valence-corrected chi connectivity index (χ4v) is 3.01. The highest BCUT2D eigenvalue weighted by Crippen LogP contribution is 2.28. The van der Waals surface area contributed by atoms with Gasteiger partial charge >= 0.3 is 0 Å². The van der Waals surface area contributed by atoms with Gasteiger partial charge in [-0.3, -0.25) is 0 Å². The van der Waals surface area contributed by atoms with E-state index in [1.807, 2.05) is 106 Å². The first kappa shape index (κ1) is 24.8. The van der Waals surface area contributed by atoms with Crippen molar-refractivity contribution in [3.05, 3.63) is 96.7 Å². The number of nitrogens with two attached hydrogens (primary N) is 2. The van der Waals surface area contributed by atoms with Crippen molar-refractivity contribution in [2.75, 3.05) is 12.3 Å². The Kier molecular flexibility index (Phi) is 10.6. The third-order valence-corrected chi connectivity index (χ3v) is 4.64. The van der Waals surface area contributed by atoms with E-state index < -0.39 is 0 Å². The van der Waals surface area contributed by atoms with Crippen LogP contribution >= 0.6 is 12.0 Å².